The summed E-state index contributed by atoms with van der Waals surface area (Å²) in [5, 5.41) is 14.1. The summed E-state index contributed by atoms with van der Waals surface area (Å²) in [6, 6.07) is -0.756. The number of rotatable bonds is 60. The molecule has 3 unspecified atom stereocenters. The molecule has 3 N–H and O–H groups in total. The third-order valence-electron chi connectivity index (χ3n) is 15.1. The number of amides is 1. The first kappa shape index (κ1) is 70.5. The number of quaternary nitrogens is 1. The molecule has 0 heterocycles. The number of likely N-dealkylation sites (N-methyl/N-ethyl adjacent to an activating group) is 1. The second kappa shape index (κ2) is 54.3. The standard InChI is InChI=1S/C62H127N2O6P/c1-6-8-10-12-14-16-18-20-22-24-26-28-30-31-32-33-34-36-38-40-42-44-46-48-50-52-54-56-62(66)63-60(59-70-71(67,68)69-58-57-64(3,4)5)61(65)55-53-51-49-47-45-43-41-39-37-35-29-27-25-23-21-19-17-15-13-11-9-7-2/h60-61,65H,6-59H2,1-5H3,(H-,63,66,67,68)/p+1. The minimum Gasteiger partial charge on any atom is -0.391 e. The second-order valence-corrected chi connectivity index (χ2v) is 25.0. The normalized spacial score (nSPS) is 13.7. The lowest BCUT2D eigenvalue weighted by Gasteiger charge is -2.26. The maximum absolute atomic E-state index is 13.0. The van der Waals surface area contributed by atoms with E-state index in [-0.39, 0.29) is 19.1 Å². The highest BCUT2D eigenvalue weighted by atomic mass is 31.2. The van der Waals surface area contributed by atoms with Crippen molar-refractivity contribution in [2.45, 2.75) is 353 Å². The second-order valence-electron chi connectivity index (χ2n) is 23.5. The van der Waals surface area contributed by atoms with Crippen molar-refractivity contribution in [3.63, 3.8) is 0 Å². The molecular formula is C62H128N2O6P+. The summed E-state index contributed by atoms with van der Waals surface area (Å²) < 4.78 is 23.8. The molecule has 0 aliphatic heterocycles. The zero-order valence-electron chi connectivity index (χ0n) is 48.8. The molecule has 0 aromatic heterocycles. The number of hydrogen-bond donors (Lipinski definition) is 3. The molecule has 0 saturated carbocycles. The largest absolute Gasteiger partial charge is 0.472 e. The fourth-order valence-electron chi connectivity index (χ4n) is 10.1. The number of phosphoric acid groups is 1. The Morgan fingerprint density at radius 1 is 0.423 bits per heavy atom. The molecule has 71 heavy (non-hydrogen) atoms. The smallest absolute Gasteiger partial charge is 0.391 e. The van der Waals surface area contributed by atoms with E-state index in [4.69, 9.17) is 9.05 Å². The third-order valence-corrected chi connectivity index (χ3v) is 16.1. The van der Waals surface area contributed by atoms with Gasteiger partial charge in [-0.15, -0.1) is 0 Å². The highest BCUT2D eigenvalue weighted by molar-refractivity contribution is 7.47. The number of nitrogens with one attached hydrogen (secondary N) is 1. The lowest BCUT2D eigenvalue weighted by molar-refractivity contribution is -0.870. The molecule has 9 heteroatoms. The van der Waals surface area contributed by atoms with Crippen molar-refractivity contribution in [3.05, 3.63) is 0 Å². The van der Waals surface area contributed by atoms with E-state index in [1.165, 1.54) is 276 Å². The summed E-state index contributed by atoms with van der Waals surface area (Å²) in [6.45, 7) is 4.96. The van der Waals surface area contributed by atoms with Gasteiger partial charge in [-0.2, -0.15) is 0 Å². The van der Waals surface area contributed by atoms with Gasteiger partial charge in [0.1, 0.15) is 13.2 Å². The fraction of sp³-hybridized carbons (Fsp3) is 0.984. The van der Waals surface area contributed by atoms with Crippen molar-refractivity contribution < 1.29 is 32.9 Å². The minimum absolute atomic E-state index is 0.0793. The monoisotopic (exact) mass is 1030 g/mol. The van der Waals surface area contributed by atoms with Crippen molar-refractivity contribution in [1.29, 1.82) is 0 Å². The number of hydrogen-bond acceptors (Lipinski definition) is 5. The molecule has 0 aliphatic carbocycles. The number of unbranched alkanes of at least 4 members (excludes halogenated alkanes) is 47. The number of aliphatic hydroxyl groups is 1. The highest BCUT2D eigenvalue weighted by Gasteiger charge is 2.28. The number of phosphoric ester groups is 1. The van der Waals surface area contributed by atoms with Crippen LogP contribution in [0, 0.1) is 0 Å². The Bertz CT molecular complexity index is 1120. The Balaban J connectivity index is 4.04. The summed E-state index contributed by atoms with van der Waals surface area (Å²) in [5.74, 6) is -0.134. The van der Waals surface area contributed by atoms with Gasteiger partial charge >= 0.3 is 7.82 Å². The van der Waals surface area contributed by atoms with Crippen LogP contribution < -0.4 is 5.32 Å². The zero-order valence-corrected chi connectivity index (χ0v) is 49.7. The summed E-state index contributed by atoms with van der Waals surface area (Å²) in [7, 11) is 1.64. The van der Waals surface area contributed by atoms with Gasteiger partial charge in [-0.25, -0.2) is 4.57 Å². The molecule has 1 amide bonds. The van der Waals surface area contributed by atoms with Crippen LogP contribution in [0.15, 0.2) is 0 Å². The molecular weight excluding hydrogens is 900 g/mol. The lowest BCUT2D eigenvalue weighted by atomic mass is 10.0. The van der Waals surface area contributed by atoms with Gasteiger partial charge in [0.05, 0.1) is 39.9 Å². The average molecular weight is 1030 g/mol. The average Bonchev–Trinajstić information content (AvgIpc) is 3.33. The van der Waals surface area contributed by atoms with Gasteiger partial charge in [-0.1, -0.05) is 322 Å². The maximum Gasteiger partial charge on any atom is 0.472 e. The molecule has 0 bridgehead atoms. The molecule has 8 nitrogen and oxygen atoms in total. The number of aliphatic hydroxyl groups excluding tert-OH is 1. The van der Waals surface area contributed by atoms with Crippen LogP contribution in [0.2, 0.25) is 0 Å². The SMILES string of the molecule is CCCCCCCCCCCCCCCCCCCCCCCCCCCCCC(=O)NC(COP(=O)(O)OCC[N+](C)(C)C)C(O)CCCCCCCCCCCCCCCCCCCCCCCC. The van der Waals surface area contributed by atoms with Gasteiger partial charge in [0, 0.05) is 6.42 Å². The first-order valence-electron chi connectivity index (χ1n) is 31.9. The summed E-state index contributed by atoms with van der Waals surface area (Å²) in [6.07, 6.45) is 66.1. The van der Waals surface area contributed by atoms with E-state index in [1.54, 1.807) is 0 Å². The van der Waals surface area contributed by atoms with E-state index in [2.05, 4.69) is 19.2 Å². The third kappa shape index (κ3) is 57.1. The molecule has 0 saturated heterocycles. The van der Waals surface area contributed by atoms with E-state index in [0.29, 0.717) is 23.9 Å². The Kier molecular flexibility index (Phi) is 53.9. The van der Waals surface area contributed by atoms with Crippen LogP contribution >= 0.6 is 7.82 Å². The summed E-state index contributed by atoms with van der Waals surface area (Å²) in [5.41, 5.74) is 0. The predicted molar refractivity (Wildman–Crippen MR) is 309 cm³/mol. The van der Waals surface area contributed by atoms with Crippen molar-refractivity contribution in [2.75, 3.05) is 40.9 Å². The van der Waals surface area contributed by atoms with E-state index < -0.39 is 20.0 Å². The van der Waals surface area contributed by atoms with Gasteiger partial charge in [0.15, 0.2) is 0 Å². The van der Waals surface area contributed by atoms with Crippen molar-refractivity contribution in [1.82, 2.24) is 5.32 Å². The Morgan fingerprint density at radius 2 is 0.676 bits per heavy atom. The van der Waals surface area contributed by atoms with Gasteiger partial charge < -0.3 is 19.8 Å². The summed E-state index contributed by atoms with van der Waals surface area (Å²) >= 11 is 0. The molecule has 0 aromatic carbocycles. The predicted octanol–water partition coefficient (Wildman–Crippen LogP) is 19.6. The van der Waals surface area contributed by atoms with Gasteiger partial charge in [0.25, 0.3) is 0 Å². The lowest BCUT2D eigenvalue weighted by Crippen LogP contribution is -2.46. The van der Waals surface area contributed by atoms with E-state index in [9.17, 15) is 19.4 Å². The Labute approximate surface area is 444 Å². The van der Waals surface area contributed by atoms with E-state index >= 15 is 0 Å². The number of carbonyl (C=O) groups is 1. The number of carbonyl (C=O) groups excluding carboxylic acids is 1. The molecule has 426 valence electrons. The molecule has 0 rings (SSSR count). The first-order chi connectivity index (χ1) is 34.5. The number of nitrogens with zero attached hydrogens (tertiary/aromatic N) is 1. The van der Waals surface area contributed by atoms with Crippen molar-refractivity contribution in [2.24, 2.45) is 0 Å². The van der Waals surface area contributed by atoms with Crippen LogP contribution in [-0.4, -0.2) is 73.4 Å². The van der Waals surface area contributed by atoms with Crippen molar-refractivity contribution >= 4 is 13.7 Å². The summed E-state index contributed by atoms with van der Waals surface area (Å²) in [4.78, 5) is 23.4. The van der Waals surface area contributed by atoms with Gasteiger partial charge in [-0.05, 0) is 12.8 Å². The van der Waals surface area contributed by atoms with Crippen LogP contribution in [0.1, 0.15) is 341 Å². The molecule has 0 aliphatic rings. The van der Waals surface area contributed by atoms with Crippen LogP contribution in [-0.2, 0) is 18.4 Å². The fourth-order valence-corrected chi connectivity index (χ4v) is 10.8. The minimum atomic E-state index is -4.32. The Morgan fingerprint density at radius 3 is 0.944 bits per heavy atom. The quantitative estimate of drug-likeness (QED) is 0.0318. The molecule has 0 radical (unpaired) electrons. The maximum atomic E-state index is 13.0. The topological polar surface area (TPSA) is 105 Å². The molecule has 3 atom stereocenters. The van der Waals surface area contributed by atoms with E-state index in [1.807, 2.05) is 21.1 Å². The van der Waals surface area contributed by atoms with Gasteiger partial charge in [0.2, 0.25) is 5.91 Å². The van der Waals surface area contributed by atoms with Crippen LogP contribution in [0.4, 0.5) is 0 Å². The van der Waals surface area contributed by atoms with E-state index in [0.717, 1.165) is 38.5 Å². The zero-order chi connectivity index (χ0) is 52.0. The molecule has 0 aromatic rings. The highest BCUT2D eigenvalue weighted by Crippen LogP contribution is 2.43. The van der Waals surface area contributed by atoms with Crippen LogP contribution in [0.25, 0.3) is 0 Å². The van der Waals surface area contributed by atoms with Crippen LogP contribution in [0.5, 0.6) is 0 Å². The van der Waals surface area contributed by atoms with Gasteiger partial charge in [-0.3, -0.25) is 13.8 Å². The molecule has 0 fully saturated rings. The van der Waals surface area contributed by atoms with Crippen molar-refractivity contribution in [3.8, 4) is 0 Å². The van der Waals surface area contributed by atoms with Crippen LogP contribution in [0.3, 0.4) is 0 Å². The Hall–Kier alpha value is -0.500. The first-order valence-corrected chi connectivity index (χ1v) is 33.4. The molecule has 0 spiro atoms.